The van der Waals surface area contributed by atoms with E-state index in [0.717, 1.165) is 0 Å². The van der Waals surface area contributed by atoms with Crippen LogP contribution >= 0.6 is 0 Å². The monoisotopic (exact) mass is 336 g/mol. The average Bonchev–Trinajstić information content (AvgIpc) is 2.93. The third-order valence-electron chi connectivity index (χ3n) is 3.88. The predicted octanol–water partition coefficient (Wildman–Crippen LogP) is 2.77. The van der Waals surface area contributed by atoms with E-state index >= 15 is 0 Å². The second kappa shape index (κ2) is 5.45. The maximum Gasteiger partial charge on any atom is 0.337 e. The smallest absolute Gasteiger partial charge is 0.337 e. The van der Waals surface area contributed by atoms with Crippen molar-refractivity contribution in [1.29, 1.82) is 0 Å². The van der Waals surface area contributed by atoms with Gasteiger partial charge in [0.05, 0.1) is 16.8 Å². The zero-order valence-electron chi connectivity index (χ0n) is 12.7. The lowest BCUT2D eigenvalue weighted by Crippen LogP contribution is -2.15. The van der Waals surface area contributed by atoms with E-state index in [4.69, 9.17) is 5.73 Å². The molecule has 2 aliphatic rings. The van der Waals surface area contributed by atoms with Crippen molar-refractivity contribution in [2.75, 3.05) is 5.32 Å². The highest BCUT2D eigenvalue weighted by Crippen LogP contribution is 2.27. The summed E-state index contributed by atoms with van der Waals surface area (Å²) < 4.78 is 15.1. The normalized spacial score (nSPS) is 11.1. The van der Waals surface area contributed by atoms with Gasteiger partial charge >= 0.3 is 6.03 Å². The van der Waals surface area contributed by atoms with Crippen LogP contribution in [0, 0.1) is 5.82 Å². The molecule has 0 aromatic heterocycles. The number of carbonyl (C=O) groups is 1. The number of pyridine rings is 1. The van der Waals surface area contributed by atoms with Gasteiger partial charge in [0.2, 0.25) is 0 Å². The zero-order chi connectivity index (χ0) is 17.6. The number of fused-ring (bicyclic) bond motifs is 3. The average molecular weight is 336 g/mol. The van der Waals surface area contributed by atoms with Gasteiger partial charge in [-0.05, 0) is 30.3 Å². The number of rotatable bonds is 2. The Bertz CT molecular complexity index is 1130. The Morgan fingerprint density at radius 2 is 1.96 bits per heavy atom. The Balaban J connectivity index is 1.88. The largest absolute Gasteiger partial charge is 0.358 e. The number of carbonyl (C=O) groups excluding carboxylic acids is 1. The first-order chi connectivity index (χ1) is 12.0. The van der Waals surface area contributed by atoms with Crippen molar-refractivity contribution in [3.8, 4) is 16.9 Å². The number of hydrogen-bond donors (Lipinski definition) is 2. The molecule has 3 N–H and O–H groups in total. The summed E-state index contributed by atoms with van der Waals surface area (Å²) in [6.45, 7) is 0. The van der Waals surface area contributed by atoms with Crippen LogP contribution in [0.3, 0.4) is 0 Å². The van der Waals surface area contributed by atoms with Gasteiger partial charge in [-0.1, -0.05) is 12.1 Å². The fraction of sp³-hybridized carbons (Fsp3) is 0. The van der Waals surface area contributed by atoms with Crippen molar-refractivity contribution < 1.29 is 9.18 Å². The first-order valence-electron chi connectivity index (χ1n) is 7.36. The molecule has 7 nitrogen and oxygen atoms in total. The van der Waals surface area contributed by atoms with Gasteiger partial charge in [-0.25, -0.2) is 14.9 Å². The minimum Gasteiger partial charge on any atom is -0.358 e. The summed E-state index contributed by atoms with van der Waals surface area (Å²) in [7, 11) is 0. The molecule has 2 aliphatic heterocycles. The van der Waals surface area contributed by atoms with Crippen molar-refractivity contribution in [3.05, 3.63) is 64.8 Å². The Hall–Kier alpha value is -3.68. The summed E-state index contributed by atoms with van der Waals surface area (Å²) in [4.78, 5) is 26.2. The molecule has 0 saturated heterocycles. The number of benzene rings is 2. The van der Waals surface area contributed by atoms with Crippen LogP contribution in [0.1, 0.15) is 0 Å². The maximum atomic E-state index is 13.9. The molecule has 0 aliphatic carbocycles. The minimum atomic E-state index is -0.925. The van der Waals surface area contributed by atoms with Crippen LogP contribution in [0.4, 0.5) is 14.9 Å². The fourth-order valence-electron chi connectivity index (χ4n) is 2.75. The quantitative estimate of drug-likeness (QED) is 0.588. The topological polar surface area (TPSA) is 104 Å². The lowest BCUT2D eigenvalue weighted by Gasteiger charge is -2.03. The van der Waals surface area contributed by atoms with E-state index < -0.39 is 11.8 Å². The van der Waals surface area contributed by atoms with Gasteiger partial charge in [-0.3, -0.25) is 4.79 Å². The van der Waals surface area contributed by atoms with E-state index in [1.165, 1.54) is 16.9 Å². The Kier molecular flexibility index (Phi) is 3.24. The molecule has 2 heterocycles. The number of hydrogen-bond acceptors (Lipinski definition) is 3. The van der Waals surface area contributed by atoms with Crippen molar-refractivity contribution in [2.24, 2.45) is 0 Å². The number of para-hydroxylation sites is 1. The molecule has 2 aromatic rings. The molecule has 0 atom stereocenters. The number of H-pyrrole nitrogens is 1. The van der Waals surface area contributed by atoms with E-state index in [1.54, 1.807) is 36.4 Å². The Morgan fingerprint density at radius 1 is 1.20 bits per heavy atom. The summed E-state index contributed by atoms with van der Waals surface area (Å²) in [6.07, 6.45) is 1.45. The van der Waals surface area contributed by atoms with Gasteiger partial charge < -0.3 is 10.3 Å². The van der Waals surface area contributed by atoms with Gasteiger partial charge in [0, 0.05) is 17.3 Å². The van der Waals surface area contributed by atoms with E-state index in [-0.39, 0.29) is 11.1 Å². The molecule has 4 rings (SSSR count). The van der Waals surface area contributed by atoms with Crippen LogP contribution in [-0.4, -0.2) is 20.8 Å². The summed E-state index contributed by atoms with van der Waals surface area (Å²) in [6, 6.07) is 10.0. The van der Waals surface area contributed by atoms with Gasteiger partial charge in [0.25, 0.3) is 5.56 Å². The Morgan fingerprint density at radius 3 is 2.68 bits per heavy atom. The molecule has 0 saturated carbocycles. The molecule has 25 heavy (non-hydrogen) atoms. The van der Waals surface area contributed by atoms with Crippen molar-refractivity contribution >= 4 is 22.6 Å². The zero-order valence-corrected chi connectivity index (χ0v) is 12.7. The Labute approximate surface area is 140 Å². The predicted molar refractivity (Wildman–Crippen MR) is 90.4 cm³/mol. The SMILES string of the molecule is [NH]C(=O)Nc1ccc(-n2nc3c4cccc(F)c4[nH]cc-3c2=O)cc1. The standard InChI is InChI=1S/C17H11FN5O2/c18-13-3-1-2-11-14-12(8-20-15(11)13)16(24)23(22-14)10-6-4-9(5-7-10)21-17(19)25/h1-8,19-20H,(H,21,25). The summed E-state index contributed by atoms with van der Waals surface area (Å²) in [5.41, 5.74) is 8.52. The number of anilines is 1. The van der Waals surface area contributed by atoms with E-state index in [9.17, 15) is 14.0 Å². The number of nitrogens with one attached hydrogen (secondary N) is 3. The van der Waals surface area contributed by atoms with Crippen molar-refractivity contribution in [3.63, 3.8) is 0 Å². The molecule has 0 spiro atoms. The van der Waals surface area contributed by atoms with Crippen LogP contribution in [0.25, 0.3) is 27.8 Å². The second-order valence-electron chi connectivity index (χ2n) is 5.43. The number of aromatic amines is 1. The first-order valence-corrected chi connectivity index (χ1v) is 7.36. The fourth-order valence-corrected chi connectivity index (χ4v) is 2.75. The highest BCUT2D eigenvalue weighted by Gasteiger charge is 2.19. The molecule has 0 unspecified atom stereocenters. The summed E-state index contributed by atoms with van der Waals surface area (Å²) in [5.74, 6) is -0.420. The highest BCUT2D eigenvalue weighted by atomic mass is 19.1. The minimum absolute atomic E-state index is 0.285. The van der Waals surface area contributed by atoms with E-state index in [0.29, 0.717) is 28.0 Å². The molecule has 2 amide bonds. The van der Waals surface area contributed by atoms with Crippen LogP contribution in [0.15, 0.2) is 53.5 Å². The highest BCUT2D eigenvalue weighted by molar-refractivity contribution is 5.93. The molecule has 2 aromatic carbocycles. The number of urea groups is 1. The second-order valence-corrected chi connectivity index (χ2v) is 5.43. The van der Waals surface area contributed by atoms with Crippen molar-refractivity contribution in [2.45, 2.75) is 0 Å². The molecule has 8 heteroatoms. The van der Waals surface area contributed by atoms with Crippen LogP contribution in [0.2, 0.25) is 0 Å². The molecule has 0 fully saturated rings. The molecule has 1 radical (unpaired) electrons. The molecular weight excluding hydrogens is 325 g/mol. The molecule has 123 valence electrons. The van der Waals surface area contributed by atoms with Gasteiger partial charge in [-0.15, -0.1) is 0 Å². The maximum absolute atomic E-state index is 13.9. The lowest BCUT2D eigenvalue weighted by molar-refractivity contribution is 0.258. The lowest BCUT2D eigenvalue weighted by atomic mass is 10.1. The third kappa shape index (κ3) is 2.40. The summed E-state index contributed by atoms with van der Waals surface area (Å²) >= 11 is 0. The van der Waals surface area contributed by atoms with Gasteiger partial charge in [0.15, 0.2) is 0 Å². The van der Waals surface area contributed by atoms with Gasteiger partial charge in [0.1, 0.15) is 11.5 Å². The first kappa shape index (κ1) is 14.9. The third-order valence-corrected chi connectivity index (χ3v) is 3.88. The van der Waals surface area contributed by atoms with Crippen molar-refractivity contribution in [1.82, 2.24) is 20.5 Å². The molecule has 0 bridgehead atoms. The van der Waals surface area contributed by atoms with Crippen LogP contribution < -0.4 is 16.6 Å². The van der Waals surface area contributed by atoms with Crippen LogP contribution in [0.5, 0.6) is 0 Å². The van der Waals surface area contributed by atoms with Crippen LogP contribution in [-0.2, 0) is 0 Å². The molecular formula is C17H11FN5O2. The number of amides is 2. The number of halogens is 1. The van der Waals surface area contributed by atoms with E-state index in [1.807, 2.05) is 0 Å². The number of aromatic nitrogens is 3. The van der Waals surface area contributed by atoms with E-state index in [2.05, 4.69) is 15.4 Å². The number of nitrogens with zero attached hydrogens (tertiary/aromatic N) is 2. The summed E-state index contributed by atoms with van der Waals surface area (Å²) in [5, 5.41) is 7.18. The van der Waals surface area contributed by atoms with Gasteiger partial charge in [-0.2, -0.15) is 9.78 Å².